The van der Waals surface area contributed by atoms with E-state index in [1.807, 2.05) is 6.92 Å². The molecule has 1 aliphatic rings. The summed E-state index contributed by atoms with van der Waals surface area (Å²) in [5.74, 6) is -5.91. The van der Waals surface area contributed by atoms with Crippen LogP contribution in [0.2, 0.25) is 0 Å². The topological polar surface area (TPSA) is 178 Å². The van der Waals surface area contributed by atoms with Gasteiger partial charge in [0.25, 0.3) is 0 Å². The molecule has 0 unspecified atom stereocenters. The van der Waals surface area contributed by atoms with E-state index in [0.29, 0.717) is 4.90 Å². The van der Waals surface area contributed by atoms with Crippen LogP contribution in [0.3, 0.4) is 0 Å². The van der Waals surface area contributed by atoms with Gasteiger partial charge in [-0.05, 0) is 19.1 Å². The zero-order valence-electron chi connectivity index (χ0n) is 25.8. The van der Waals surface area contributed by atoms with Crippen LogP contribution in [-0.4, -0.2) is 95.7 Å². The van der Waals surface area contributed by atoms with Crippen molar-refractivity contribution in [3.05, 3.63) is 29.8 Å². The molecule has 0 aliphatic carbocycles. The number of hydrogen-bond acceptors (Lipinski definition) is 14. The van der Waals surface area contributed by atoms with Crippen LogP contribution in [0, 0.1) is 6.92 Å². The number of hydrogen-bond donors (Lipinski definition) is 0. The molecule has 15 heteroatoms. The molecule has 0 N–H and O–H groups in total. The van der Waals surface area contributed by atoms with Gasteiger partial charge >= 0.3 is 29.8 Å². The number of benzene rings is 1. The van der Waals surface area contributed by atoms with E-state index in [4.69, 9.17) is 28.4 Å². The third-order valence-corrected chi connectivity index (χ3v) is 7.64. The number of nitrogens with zero attached hydrogens (tertiary/aromatic N) is 1. The molecular formula is C29H37NO13S. The highest BCUT2D eigenvalue weighted by Crippen LogP contribution is 2.47. The largest absolute Gasteiger partial charge is 0.466 e. The van der Waals surface area contributed by atoms with E-state index < -0.39 is 90.1 Å². The van der Waals surface area contributed by atoms with Gasteiger partial charge in [0.15, 0.2) is 12.2 Å². The van der Waals surface area contributed by atoms with Crippen molar-refractivity contribution >= 4 is 53.4 Å². The Balaban J connectivity index is 2.93. The van der Waals surface area contributed by atoms with Crippen LogP contribution in [0.5, 0.6) is 0 Å². The number of rotatable bonds is 11. The predicted molar refractivity (Wildman–Crippen MR) is 152 cm³/mol. The van der Waals surface area contributed by atoms with Crippen LogP contribution < -0.4 is 0 Å². The summed E-state index contributed by atoms with van der Waals surface area (Å²) < 4.78 is 33.2. The first-order valence-corrected chi connectivity index (χ1v) is 14.3. The van der Waals surface area contributed by atoms with Gasteiger partial charge in [0.1, 0.15) is 24.9 Å². The Hall–Kier alpha value is -3.98. The molecule has 0 bridgehead atoms. The fraction of sp³-hybridized carbons (Fsp3) is 0.552. The monoisotopic (exact) mass is 639 g/mol. The first-order chi connectivity index (χ1) is 20.5. The Kier molecular flexibility index (Phi) is 12.9. The molecule has 2 rings (SSSR count). The van der Waals surface area contributed by atoms with Gasteiger partial charge in [-0.3, -0.25) is 33.7 Å². The maximum atomic E-state index is 13.6. The van der Waals surface area contributed by atoms with Gasteiger partial charge in [-0.2, -0.15) is 0 Å². The number of thioether (sulfide) groups is 1. The highest BCUT2D eigenvalue weighted by atomic mass is 32.2. The standard InChI is InChI=1S/C29H37NO13S/c1-15-9-11-22(12-10-15)44-29(28(37)38-8)13-23(40-19(5)34)25(30(16(2)31)17(3)32)27(43-29)26(42-21(7)36)24(41-20(6)35)14-39-18(4)33/h9-12,23-27H,13-14H2,1-8H3/t23-,24+,25+,26+,27+,29-/m0/s1. The molecule has 1 aromatic carbocycles. The lowest BCUT2D eigenvalue weighted by Gasteiger charge is -2.50. The Morgan fingerprint density at radius 1 is 0.886 bits per heavy atom. The van der Waals surface area contributed by atoms with E-state index in [0.717, 1.165) is 70.9 Å². The highest BCUT2D eigenvalue weighted by molar-refractivity contribution is 8.01. The molecule has 1 fully saturated rings. The zero-order valence-corrected chi connectivity index (χ0v) is 26.6. The van der Waals surface area contributed by atoms with Crippen LogP contribution >= 0.6 is 11.8 Å². The van der Waals surface area contributed by atoms with Gasteiger partial charge in [-0.15, -0.1) is 0 Å². The molecule has 0 saturated carbocycles. The van der Waals surface area contributed by atoms with Crippen molar-refractivity contribution in [3.63, 3.8) is 0 Å². The van der Waals surface area contributed by atoms with Gasteiger partial charge < -0.3 is 28.4 Å². The summed E-state index contributed by atoms with van der Waals surface area (Å²) in [4.78, 5) is 87.3. The molecule has 1 saturated heterocycles. The number of ether oxygens (including phenoxy) is 6. The van der Waals surface area contributed by atoms with Gasteiger partial charge in [-0.1, -0.05) is 29.5 Å². The third kappa shape index (κ3) is 9.51. The molecule has 44 heavy (non-hydrogen) atoms. The van der Waals surface area contributed by atoms with Gasteiger partial charge in [-0.25, -0.2) is 4.79 Å². The molecule has 2 amide bonds. The van der Waals surface area contributed by atoms with E-state index in [2.05, 4.69) is 0 Å². The number of methoxy groups -OCH3 is 1. The quantitative estimate of drug-likeness (QED) is 0.253. The van der Waals surface area contributed by atoms with Crippen molar-refractivity contribution in [1.29, 1.82) is 0 Å². The van der Waals surface area contributed by atoms with E-state index >= 15 is 0 Å². The first-order valence-electron chi connectivity index (χ1n) is 13.5. The molecule has 1 aromatic rings. The second-order valence-electron chi connectivity index (χ2n) is 10.0. The summed E-state index contributed by atoms with van der Waals surface area (Å²) in [6, 6.07) is 5.46. The summed E-state index contributed by atoms with van der Waals surface area (Å²) in [7, 11) is 1.11. The molecule has 1 heterocycles. The molecule has 0 radical (unpaired) electrons. The second-order valence-corrected chi connectivity index (χ2v) is 11.4. The predicted octanol–water partition coefficient (Wildman–Crippen LogP) is 1.87. The highest BCUT2D eigenvalue weighted by Gasteiger charge is 2.60. The summed E-state index contributed by atoms with van der Waals surface area (Å²) in [5.41, 5.74) is 0.921. The zero-order chi connectivity index (χ0) is 33.4. The normalized spacial score (nSPS) is 22.4. The molecule has 242 valence electrons. The van der Waals surface area contributed by atoms with E-state index in [1.165, 1.54) is 0 Å². The summed E-state index contributed by atoms with van der Waals surface area (Å²) >= 11 is 0.889. The second kappa shape index (κ2) is 15.7. The van der Waals surface area contributed by atoms with Crippen LogP contribution in [0.15, 0.2) is 29.2 Å². The first kappa shape index (κ1) is 36.2. The third-order valence-electron chi connectivity index (χ3n) is 6.37. The fourth-order valence-corrected chi connectivity index (χ4v) is 6.05. The Labute approximate surface area is 259 Å². The molecule has 0 spiro atoms. The molecule has 14 nitrogen and oxygen atoms in total. The van der Waals surface area contributed by atoms with Crippen LogP contribution in [0.4, 0.5) is 0 Å². The number of carbonyl (C=O) groups excluding carboxylic acids is 7. The van der Waals surface area contributed by atoms with Crippen LogP contribution in [0.1, 0.15) is 53.5 Å². The Bertz CT molecular complexity index is 1250. The minimum atomic E-state index is -2.02. The minimum absolute atomic E-state index is 0.426. The van der Waals surface area contributed by atoms with E-state index in [9.17, 15) is 33.6 Å². The number of amides is 2. The number of esters is 5. The average Bonchev–Trinajstić information content (AvgIpc) is 2.90. The SMILES string of the molecule is COC(=O)[C@@]1(Sc2ccc(C)cc2)C[C@H](OC(C)=O)[C@@H](N(C(C)=O)C(C)=O)[C@H]([C@H](OC(C)=O)[C@@H](COC(C)=O)OC(C)=O)O1. The molecule has 6 atom stereocenters. The van der Waals surface area contributed by atoms with Gasteiger partial charge in [0.2, 0.25) is 16.7 Å². The van der Waals surface area contributed by atoms with Crippen LogP contribution in [-0.2, 0) is 62.0 Å². The molecule has 0 aromatic heterocycles. The average molecular weight is 640 g/mol. The van der Waals surface area contributed by atoms with Crippen molar-refractivity contribution in [1.82, 2.24) is 4.90 Å². The lowest BCUT2D eigenvalue weighted by molar-refractivity contribution is -0.233. The van der Waals surface area contributed by atoms with E-state index in [-0.39, 0.29) is 0 Å². The number of aryl methyl sites for hydroxylation is 1. The van der Waals surface area contributed by atoms with Crippen molar-refractivity contribution < 1.29 is 62.0 Å². The van der Waals surface area contributed by atoms with Gasteiger partial charge in [0, 0.05) is 52.9 Å². The van der Waals surface area contributed by atoms with E-state index in [1.54, 1.807) is 24.3 Å². The maximum absolute atomic E-state index is 13.6. The number of carbonyl (C=O) groups is 7. The summed E-state index contributed by atoms with van der Waals surface area (Å²) in [5, 5.41) is 0. The summed E-state index contributed by atoms with van der Waals surface area (Å²) in [6.45, 7) is 7.64. The lowest BCUT2D eigenvalue weighted by atomic mass is 9.88. The minimum Gasteiger partial charge on any atom is -0.466 e. The van der Waals surface area contributed by atoms with Crippen molar-refractivity contribution in [2.24, 2.45) is 0 Å². The number of imide groups is 1. The Morgan fingerprint density at radius 2 is 1.45 bits per heavy atom. The smallest absolute Gasteiger partial charge is 0.349 e. The maximum Gasteiger partial charge on any atom is 0.349 e. The lowest BCUT2D eigenvalue weighted by Crippen LogP contribution is -2.69. The Morgan fingerprint density at radius 3 is 1.91 bits per heavy atom. The van der Waals surface area contributed by atoms with Crippen LogP contribution in [0.25, 0.3) is 0 Å². The molecule has 1 aliphatic heterocycles. The van der Waals surface area contributed by atoms with Gasteiger partial charge in [0.05, 0.1) is 7.11 Å². The van der Waals surface area contributed by atoms with Crippen molar-refractivity contribution in [2.45, 2.75) is 95.2 Å². The van der Waals surface area contributed by atoms with Crippen molar-refractivity contribution in [2.75, 3.05) is 13.7 Å². The van der Waals surface area contributed by atoms with Crippen molar-refractivity contribution in [3.8, 4) is 0 Å². The molecular weight excluding hydrogens is 602 g/mol. The summed E-state index contributed by atoms with van der Waals surface area (Å²) in [6.07, 6.45) is -6.85. The fourth-order valence-electron chi connectivity index (χ4n) is 4.82.